The van der Waals surface area contributed by atoms with Crippen molar-refractivity contribution in [1.29, 1.82) is 0 Å². The molecule has 0 radical (unpaired) electrons. The highest BCUT2D eigenvalue weighted by Gasteiger charge is 2.13. The van der Waals surface area contributed by atoms with Gasteiger partial charge in [-0.05, 0) is 30.2 Å². The number of carboxylic acids is 1. The van der Waals surface area contributed by atoms with Gasteiger partial charge in [-0.2, -0.15) is 0 Å². The van der Waals surface area contributed by atoms with E-state index in [0.717, 1.165) is 0 Å². The molecule has 5 heteroatoms. The zero-order valence-corrected chi connectivity index (χ0v) is 12.1. The van der Waals surface area contributed by atoms with Gasteiger partial charge in [0.2, 0.25) is 0 Å². The highest BCUT2D eigenvalue weighted by atomic mass is 16.5. The first-order valence-electron chi connectivity index (χ1n) is 6.64. The van der Waals surface area contributed by atoms with E-state index in [2.05, 4.69) is 19.2 Å². The Balaban J connectivity index is 2.51. The van der Waals surface area contributed by atoms with Gasteiger partial charge in [-0.3, -0.25) is 9.59 Å². The summed E-state index contributed by atoms with van der Waals surface area (Å²) in [6.07, 6.45) is 0. The Hall–Kier alpha value is -2.04. The van der Waals surface area contributed by atoms with Crippen LogP contribution in [0.5, 0.6) is 5.75 Å². The van der Waals surface area contributed by atoms with Gasteiger partial charge < -0.3 is 15.2 Å². The third kappa shape index (κ3) is 5.30. The molecule has 20 heavy (non-hydrogen) atoms. The van der Waals surface area contributed by atoms with Crippen LogP contribution in [0.2, 0.25) is 0 Å². The summed E-state index contributed by atoms with van der Waals surface area (Å²) in [6, 6.07) is 6.79. The van der Waals surface area contributed by atoms with Crippen molar-refractivity contribution < 1.29 is 19.4 Å². The molecule has 0 aromatic heterocycles. The van der Waals surface area contributed by atoms with Gasteiger partial charge in [0.25, 0.3) is 5.91 Å². The second kappa shape index (κ2) is 7.53. The molecule has 2 N–H and O–H groups in total. The zero-order chi connectivity index (χ0) is 15.1. The quantitative estimate of drug-likeness (QED) is 0.802. The molecule has 110 valence electrons. The summed E-state index contributed by atoms with van der Waals surface area (Å²) in [4.78, 5) is 22.5. The molecular weight excluding hydrogens is 258 g/mol. The summed E-state index contributed by atoms with van der Waals surface area (Å²) in [6.45, 7) is 6.41. The molecule has 1 aromatic rings. The molecule has 0 heterocycles. The maximum atomic E-state index is 11.8. The minimum absolute atomic E-state index is 0.111. The molecule has 0 aliphatic carbocycles. The standard InChI is InChI=1S/C15H21NO4/c1-10(2)9-20-13-6-4-12(5-7-13)14(17)16-8-11(3)15(18)19/h4-7,10-11H,8-9H2,1-3H3,(H,16,17)(H,18,19). The minimum Gasteiger partial charge on any atom is -0.493 e. The molecule has 5 nitrogen and oxygen atoms in total. The summed E-state index contributed by atoms with van der Waals surface area (Å²) in [7, 11) is 0. The van der Waals surface area contributed by atoms with Crippen LogP contribution in [0.4, 0.5) is 0 Å². The van der Waals surface area contributed by atoms with Crippen molar-refractivity contribution in [2.45, 2.75) is 20.8 Å². The van der Waals surface area contributed by atoms with Gasteiger partial charge in [-0.1, -0.05) is 20.8 Å². The first-order valence-corrected chi connectivity index (χ1v) is 6.64. The largest absolute Gasteiger partial charge is 0.493 e. The van der Waals surface area contributed by atoms with Crippen LogP contribution in [0.1, 0.15) is 31.1 Å². The van der Waals surface area contributed by atoms with Gasteiger partial charge in [0.05, 0.1) is 12.5 Å². The molecule has 1 aromatic carbocycles. The lowest BCUT2D eigenvalue weighted by molar-refractivity contribution is -0.140. The monoisotopic (exact) mass is 279 g/mol. The predicted molar refractivity (Wildman–Crippen MR) is 75.9 cm³/mol. The summed E-state index contributed by atoms with van der Waals surface area (Å²) in [5.74, 6) is -0.659. The Morgan fingerprint density at radius 1 is 1.20 bits per heavy atom. The van der Waals surface area contributed by atoms with Crippen molar-refractivity contribution in [3.8, 4) is 5.75 Å². The number of nitrogens with one attached hydrogen (secondary N) is 1. The lowest BCUT2D eigenvalue weighted by Gasteiger charge is -2.10. The number of carbonyl (C=O) groups excluding carboxylic acids is 1. The Morgan fingerprint density at radius 2 is 1.80 bits per heavy atom. The number of hydrogen-bond donors (Lipinski definition) is 2. The van der Waals surface area contributed by atoms with Gasteiger partial charge in [-0.15, -0.1) is 0 Å². The summed E-state index contributed by atoms with van der Waals surface area (Å²) in [5, 5.41) is 11.3. The fourth-order valence-electron chi connectivity index (χ4n) is 1.40. The van der Waals surface area contributed by atoms with E-state index in [0.29, 0.717) is 23.8 Å². The molecule has 1 rings (SSSR count). The lowest BCUT2D eigenvalue weighted by atomic mass is 10.1. The van der Waals surface area contributed by atoms with E-state index in [1.165, 1.54) is 0 Å². The molecule has 0 aliphatic heterocycles. The number of amides is 1. The molecule has 0 fully saturated rings. The molecule has 0 saturated heterocycles. The lowest BCUT2D eigenvalue weighted by Crippen LogP contribution is -2.31. The smallest absolute Gasteiger partial charge is 0.308 e. The number of aliphatic carboxylic acids is 1. The van der Waals surface area contributed by atoms with Crippen molar-refractivity contribution in [3.05, 3.63) is 29.8 Å². The highest BCUT2D eigenvalue weighted by molar-refractivity contribution is 5.94. The van der Waals surface area contributed by atoms with Crippen molar-refractivity contribution in [1.82, 2.24) is 5.32 Å². The molecule has 0 spiro atoms. The molecule has 0 aliphatic rings. The first kappa shape index (κ1) is 16.0. The topological polar surface area (TPSA) is 75.6 Å². The second-order valence-corrected chi connectivity index (χ2v) is 5.18. The van der Waals surface area contributed by atoms with Gasteiger partial charge in [0.15, 0.2) is 0 Å². The van der Waals surface area contributed by atoms with E-state index >= 15 is 0 Å². The summed E-state index contributed by atoms with van der Waals surface area (Å²) in [5.41, 5.74) is 0.486. The van der Waals surface area contributed by atoms with E-state index in [4.69, 9.17) is 9.84 Å². The molecule has 1 amide bonds. The van der Waals surface area contributed by atoms with Crippen molar-refractivity contribution in [2.24, 2.45) is 11.8 Å². The maximum Gasteiger partial charge on any atom is 0.308 e. The normalized spacial score (nSPS) is 12.0. The first-order chi connectivity index (χ1) is 9.40. The van der Waals surface area contributed by atoms with Crippen molar-refractivity contribution >= 4 is 11.9 Å². The Morgan fingerprint density at radius 3 is 2.30 bits per heavy atom. The average molecular weight is 279 g/mol. The van der Waals surface area contributed by atoms with Gasteiger partial charge >= 0.3 is 5.97 Å². The minimum atomic E-state index is -0.928. The molecule has 1 unspecified atom stereocenters. The van der Waals surface area contributed by atoms with Crippen LogP contribution in [0.3, 0.4) is 0 Å². The third-order valence-electron chi connectivity index (χ3n) is 2.69. The van der Waals surface area contributed by atoms with E-state index in [9.17, 15) is 9.59 Å². The molecular formula is C15H21NO4. The summed E-state index contributed by atoms with van der Waals surface area (Å²) >= 11 is 0. The number of carboxylic acid groups (broad SMARTS) is 1. The Kier molecular flexibility index (Phi) is 6.03. The predicted octanol–water partition coefficient (Wildman–Crippen LogP) is 2.17. The number of carbonyl (C=O) groups is 2. The number of hydrogen-bond acceptors (Lipinski definition) is 3. The van der Waals surface area contributed by atoms with Crippen LogP contribution < -0.4 is 10.1 Å². The zero-order valence-electron chi connectivity index (χ0n) is 12.1. The number of rotatable bonds is 7. The van der Waals surface area contributed by atoms with Crippen LogP contribution in [0, 0.1) is 11.8 Å². The van der Waals surface area contributed by atoms with Crippen LogP contribution >= 0.6 is 0 Å². The van der Waals surface area contributed by atoms with Crippen LogP contribution in [-0.4, -0.2) is 30.1 Å². The van der Waals surface area contributed by atoms with Crippen molar-refractivity contribution in [2.75, 3.05) is 13.2 Å². The van der Waals surface area contributed by atoms with E-state index in [-0.39, 0.29) is 12.5 Å². The maximum absolute atomic E-state index is 11.8. The van der Waals surface area contributed by atoms with Crippen LogP contribution in [0.25, 0.3) is 0 Å². The number of benzene rings is 1. The fourth-order valence-corrected chi connectivity index (χ4v) is 1.40. The van der Waals surface area contributed by atoms with E-state index in [1.54, 1.807) is 31.2 Å². The molecule has 0 bridgehead atoms. The third-order valence-corrected chi connectivity index (χ3v) is 2.69. The van der Waals surface area contributed by atoms with Crippen molar-refractivity contribution in [3.63, 3.8) is 0 Å². The summed E-state index contributed by atoms with van der Waals surface area (Å²) < 4.78 is 5.52. The van der Waals surface area contributed by atoms with Crippen LogP contribution in [0.15, 0.2) is 24.3 Å². The second-order valence-electron chi connectivity index (χ2n) is 5.18. The Labute approximate surface area is 118 Å². The Bertz CT molecular complexity index is 453. The number of ether oxygens (including phenoxy) is 1. The van der Waals surface area contributed by atoms with Crippen LogP contribution in [-0.2, 0) is 4.79 Å². The van der Waals surface area contributed by atoms with E-state index in [1.807, 2.05) is 0 Å². The fraction of sp³-hybridized carbons (Fsp3) is 0.467. The van der Waals surface area contributed by atoms with E-state index < -0.39 is 11.9 Å². The molecule has 1 atom stereocenters. The SMILES string of the molecule is CC(C)COc1ccc(C(=O)NCC(C)C(=O)O)cc1. The van der Waals surface area contributed by atoms with Gasteiger partial charge in [-0.25, -0.2) is 0 Å². The highest BCUT2D eigenvalue weighted by Crippen LogP contribution is 2.13. The molecule has 0 saturated carbocycles. The average Bonchev–Trinajstić information content (AvgIpc) is 2.42. The van der Waals surface area contributed by atoms with Gasteiger partial charge in [0, 0.05) is 12.1 Å². The van der Waals surface area contributed by atoms with Gasteiger partial charge in [0.1, 0.15) is 5.75 Å².